The van der Waals surface area contributed by atoms with Gasteiger partial charge < -0.3 is 4.42 Å². The molecule has 30 rings (SSSR count). The van der Waals surface area contributed by atoms with E-state index in [9.17, 15) is 0 Å². The molecule has 1 aliphatic heterocycles. The van der Waals surface area contributed by atoms with Crippen LogP contribution in [0.2, 0.25) is 0 Å². The molecule has 0 saturated carbocycles. The molecule has 594 valence electrons. The van der Waals surface area contributed by atoms with Gasteiger partial charge in [-0.25, -0.2) is 9.97 Å². The highest BCUT2D eigenvalue weighted by Gasteiger charge is 2.45. The van der Waals surface area contributed by atoms with Crippen molar-refractivity contribution in [2.24, 2.45) is 4.99 Å². The number of oxazole rings is 1. The summed E-state index contributed by atoms with van der Waals surface area (Å²) in [6.45, 7) is 0. The van der Waals surface area contributed by atoms with Crippen LogP contribution >= 0.6 is 11.3 Å². The van der Waals surface area contributed by atoms with Crippen LogP contribution in [0.1, 0.15) is 99.9 Å². The molecular weight excluding hydrogens is 1580 g/mol. The second kappa shape index (κ2) is 28.0. The summed E-state index contributed by atoms with van der Waals surface area (Å²) >= 11 is 1.80. The summed E-state index contributed by atoms with van der Waals surface area (Å²) in [7, 11) is 0. The minimum Gasteiger partial charge on any atom is -0.436 e. The Hall–Kier alpha value is -16.6. The standard InChI is InChI=1S/C42H25N.C41H23NO.C41H23NS/c1-5-15-29-25(10-1)14-9-18-32(29)39-37-30-16-6-2-11-26(30)20-22-33(37)41-40(39)34-23-21-27-12-3-7-17-31(27)38(34)42(41)36-24-28-13-4-8-19-35(28)43-36;2*1-4-14-27-24(10-1)13-9-17-30(27)37-35-28-15-5-2-11-25(28)20-22-31(35)39-38(37)32-23-21-26-12-3-6-16-29(26)36(32)40(39)41-42-33-18-7-8-19-34(33)43-41/h1-23H,24H2;2*1-23H. The summed E-state index contributed by atoms with van der Waals surface area (Å²) in [6, 6.07) is 152. The van der Waals surface area contributed by atoms with Gasteiger partial charge in [-0.1, -0.05) is 388 Å². The number of nitrogens with zero attached hydrogens (tertiary/aromatic N) is 3. The summed E-state index contributed by atoms with van der Waals surface area (Å²) in [5.74, 6) is 0.669. The summed E-state index contributed by atoms with van der Waals surface area (Å²) < 4.78 is 7.81. The number of thiazole rings is 1. The molecule has 0 fully saturated rings. The lowest BCUT2D eigenvalue weighted by Crippen LogP contribution is -2.04. The van der Waals surface area contributed by atoms with Gasteiger partial charge in [0.05, 0.1) is 27.2 Å². The van der Waals surface area contributed by atoms with E-state index in [-0.39, 0.29) is 0 Å². The lowest BCUT2D eigenvalue weighted by atomic mass is 9.86. The molecule has 0 N–H and O–H groups in total. The molecule has 6 aliphatic carbocycles. The second-order valence-corrected chi connectivity index (χ2v) is 35.7. The maximum atomic E-state index is 6.59. The van der Waals surface area contributed by atoms with Crippen molar-refractivity contribution in [3.63, 3.8) is 0 Å². The summed E-state index contributed by atoms with van der Waals surface area (Å²) in [6.07, 6.45) is 0.845. The Morgan fingerprint density at radius 3 is 0.891 bits per heavy atom. The van der Waals surface area contributed by atoms with Crippen LogP contribution in [0, 0.1) is 0 Å². The molecule has 3 heterocycles. The molecule has 23 aromatic rings. The molecule has 21 aromatic carbocycles. The average molecular weight is 1650 g/mol. The predicted octanol–water partition coefficient (Wildman–Crippen LogP) is 32.2. The third-order valence-electron chi connectivity index (χ3n) is 28.0. The van der Waals surface area contributed by atoms with Gasteiger partial charge in [0, 0.05) is 45.4 Å². The zero-order chi connectivity index (χ0) is 84.2. The number of rotatable bonds is 6. The third kappa shape index (κ3) is 10.6. The summed E-state index contributed by atoms with van der Waals surface area (Å²) in [5, 5.41) is 23.8. The first-order chi connectivity index (χ1) is 64.0. The van der Waals surface area contributed by atoms with E-state index in [0.29, 0.717) is 5.89 Å². The second-order valence-electron chi connectivity index (χ2n) is 34.7. The zero-order valence-corrected chi connectivity index (χ0v) is 70.5. The van der Waals surface area contributed by atoms with Crippen molar-refractivity contribution in [3.8, 4) is 0 Å². The van der Waals surface area contributed by atoms with Crippen molar-refractivity contribution in [3.05, 3.63) is 518 Å². The fraction of sp³-hybridized carbons (Fsp3) is 0.00806. The van der Waals surface area contributed by atoms with Gasteiger partial charge >= 0.3 is 0 Å². The Morgan fingerprint density at radius 2 is 0.496 bits per heavy atom. The fourth-order valence-corrected chi connectivity index (χ4v) is 23.7. The van der Waals surface area contributed by atoms with Crippen molar-refractivity contribution in [1.29, 1.82) is 0 Å². The number of benzene rings is 21. The number of aliphatic imine (C=N–C) groups is 1. The maximum Gasteiger partial charge on any atom is 0.228 e. The molecule has 129 heavy (non-hydrogen) atoms. The number of hydrogen-bond donors (Lipinski definition) is 0. The molecule has 7 aliphatic rings. The molecule has 0 amide bonds. The fourth-order valence-electron chi connectivity index (χ4n) is 22.7. The van der Waals surface area contributed by atoms with Gasteiger partial charge in [0.25, 0.3) is 0 Å². The van der Waals surface area contributed by atoms with E-state index in [1.165, 1.54) is 258 Å². The van der Waals surface area contributed by atoms with Gasteiger partial charge in [-0.15, -0.1) is 11.3 Å². The van der Waals surface area contributed by atoms with E-state index in [2.05, 4.69) is 394 Å². The summed E-state index contributed by atoms with van der Waals surface area (Å²) in [4.78, 5) is 15.7. The Balaban J connectivity index is 0.0000000976. The van der Waals surface area contributed by atoms with Crippen LogP contribution in [-0.4, -0.2) is 15.7 Å². The molecule has 0 radical (unpaired) electrons. The topological polar surface area (TPSA) is 51.3 Å². The molecule has 0 bridgehead atoms. The molecule has 0 spiro atoms. The van der Waals surface area contributed by atoms with Crippen molar-refractivity contribution in [1.82, 2.24) is 9.97 Å². The van der Waals surface area contributed by atoms with E-state index >= 15 is 0 Å². The Bertz CT molecular complexity index is 8840. The SMILES string of the molecule is c1ccc2c(C3=C4C(=C(c5nc6ccccc6o5)c5c4ccc4ccccc54)c4ccc5ccccc5c43)cccc2c1.c1ccc2c(C3=C4C(=C(c5nc6ccccc6s5)c5c4ccc4ccccc54)c4ccc5ccccc5c43)cccc2c1.c1ccc2c(c1)CC(C1=C3C(=C(c4cccc5ccccc45)c4c3ccc3ccccc43)c3ccc4ccccc4c31)=N2. The van der Waals surface area contributed by atoms with Crippen LogP contribution in [0.15, 0.2) is 428 Å². The lowest BCUT2D eigenvalue weighted by Gasteiger charge is -2.16. The van der Waals surface area contributed by atoms with Crippen molar-refractivity contribution < 1.29 is 4.42 Å². The highest BCUT2D eigenvalue weighted by molar-refractivity contribution is 7.19. The van der Waals surface area contributed by atoms with Crippen LogP contribution in [0.25, 0.3) is 185 Å². The van der Waals surface area contributed by atoms with Crippen molar-refractivity contribution >= 4 is 208 Å². The number of fused-ring (bicyclic) bond motifs is 33. The van der Waals surface area contributed by atoms with Crippen LogP contribution in [0.5, 0.6) is 0 Å². The van der Waals surface area contributed by atoms with Crippen LogP contribution in [0.3, 0.4) is 0 Å². The van der Waals surface area contributed by atoms with Gasteiger partial charge in [-0.05, 0) is 239 Å². The van der Waals surface area contributed by atoms with Gasteiger partial charge in [0.2, 0.25) is 5.89 Å². The number of hydrogen-bond acceptors (Lipinski definition) is 5. The molecule has 5 heteroatoms. The highest BCUT2D eigenvalue weighted by Crippen LogP contribution is 2.66. The van der Waals surface area contributed by atoms with Gasteiger partial charge in [-0.2, -0.15) is 0 Å². The quantitative estimate of drug-likeness (QED) is 0.167. The average Bonchev–Trinajstić information content (AvgIpc) is 1.53. The minimum atomic E-state index is 0.669. The first-order valence-corrected chi connectivity index (χ1v) is 45.3. The predicted molar refractivity (Wildman–Crippen MR) is 543 cm³/mol. The van der Waals surface area contributed by atoms with Crippen molar-refractivity contribution in [2.45, 2.75) is 6.42 Å². The first kappa shape index (κ1) is 71.8. The van der Waals surface area contributed by atoms with Crippen LogP contribution in [0.4, 0.5) is 5.69 Å². The molecule has 0 saturated heterocycles. The van der Waals surface area contributed by atoms with E-state index < -0.39 is 0 Å². The minimum absolute atomic E-state index is 0.669. The smallest absolute Gasteiger partial charge is 0.228 e. The van der Waals surface area contributed by atoms with Crippen LogP contribution < -0.4 is 0 Å². The van der Waals surface area contributed by atoms with Gasteiger partial charge in [0.1, 0.15) is 10.5 Å². The van der Waals surface area contributed by atoms with E-state index in [4.69, 9.17) is 19.4 Å². The van der Waals surface area contributed by atoms with E-state index in [0.717, 1.165) is 39.3 Å². The maximum absolute atomic E-state index is 6.59. The van der Waals surface area contributed by atoms with Crippen LogP contribution in [-0.2, 0) is 6.42 Å². The van der Waals surface area contributed by atoms with Crippen molar-refractivity contribution in [2.75, 3.05) is 0 Å². The summed E-state index contributed by atoms with van der Waals surface area (Å²) in [5.41, 5.74) is 40.9. The Labute approximate surface area is 746 Å². The van der Waals surface area contributed by atoms with Gasteiger partial charge in [0.15, 0.2) is 5.58 Å². The number of para-hydroxylation sites is 4. The van der Waals surface area contributed by atoms with Gasteiger partial charge in [-0.3, -0.25) is 4.99 Å². The Kier molecular flexibility index (Phi) is 15.6. The highest BCUT2D eigenvalue weighted by atomic mass is 32.1. The molecule has 0 unspecified atom stereocenters. The number of allylic oxidation sites excluding steroid dienone is 7. The van der Waals surface area contributed by atoms with E-state index in [1.54, 1.807) is 11.3 Å². The largest absolute Gasteiger partial charge is 0.436 e. The monoisotopic (exact) mass is 1650 g/mol. The lowest BCUT2D eigenvalue weighted by molar-refractivity contribution is 0.586. The first-order valence-electron chi connectivity index (χ1n) is 44.5. The zero-order valence-electron chi connectivity index (χ0n) is 69.7. The molecule has 2 aromatic heterocycles. The Morgan fingerprint density at radius 1 is 0.202 bits per heavy atom. The molecule has 4 nitrogen and oxygen atoms in total. The normalized spacial score (nSPS) is 14.2. The molecular formula is C124H71N3OS. The number of aromatic nitrogens is 2. The van der Waals surface area contributed by atoms with E-state index in [1.807, 2.05) is 24.3 Å². The molecule has 0 atom stereocenters. The third-order valence-corrected chi connectivity index (χ3v) is 29.1.